The second-order valence-electron chi connectivity index (χ2n) is 5.16. The van der Waals surface area contributed by atoms with E-state index in [1.165, 1.54) is 24.2 Å². The van der Waals surface area contributed by atoms with Crippen LogP contribution in [0.25, 0.3) is 10.6 Å². The molecule has 0 spiro atoms. The Morgan fingerprint density at radius 3 is 3.10 bits per heavy atom. The predicted octanol–water partition coefficient (Wildman–Crippen LogP) is 3.61. The van der Waals surface area contributed by atoms with Crippen molar-refractivity contribution in [2.75, 3.05) is 6.61 Å². The van der Waals surface area contributed by atoms with Crippen LogP contribution >= 0.6 is 22.7 Å². The third kappa shape index (κ3) is 3.90. The normalized spacial score (nSPS) is 18.8. The lowest BCUT2D eigenvalue weighted by Gasteiger charge is -2.21. The summed E-state index contributed by atoms with van der Waals surface area (Å²) in [5, 5.41) is 12.0. The van der Waals surface area contributed by atoms with E-state index < -0.39 is 5.97 Å². The van der Waals surface area contributed by atoms with Crippen LogP contribution in [0.1, 0.15) is 29.1 Å². The molecule has 3 rings (SSSR count). The Balaban J connectivity index is 1.66. The molecule has 2 aromatic heterocycles. The molecule has 4 nitrogen and oxygen atoms in total. The number of aliphatic carboxylic acids is 1. The van der Waals surface area contributed by atoms with Crippen LogP contribution in [-0.4, -0.2) is 28.8 Å². The number of aromatic nitrogens is 1. The van der Waals surface area contributed by atoms with Gasteiger partial charge >= 0.3 is 5.97 Å². The molecule has 1 aliphatic heterocycles. The van der Waals surface area contributed by atoms with Gasteiger partial charge in [-0.15, -0.1) is 22.7 Å². The highest BCUT2D eigenvalue weighted by atomic mass is 32.1. The molecule has 21 heavy (non-hydrogen) atoms. The molecule has 1 N–H and O–H groups in total. The fraction of sp³-hybridized carbons (Fsp3) is 0.467. The SMILES string of the molecule is O=C(O)Cc1ccc(-c2csc(CC3CCCCO3)n2)s1. The molecule has 0 amide bonds. The van der Waals surface area contributed by atoms with Crippen molar-refractivity contribution in [1.82, 2.24) is 4.98 Å². The highest BCUT2D eigenvalue weighted by Gasteiger charge is 2.17. The third-order valence-corrected chi connectivity index (χ3v) is 5.45. The minimum atomic E-state index is -0.795. The Labute approximate surface area is 131 Å². The summed E-state index contributed by atoms with van der Waals surface area (Å²) in [5.41, 5.74) is 0.951. The van der Waals surface area contributed by atoms with Crippen LogP contribution in [0.3, 0.4) is 0 Å². The number of ether oxygens (including phenoxy) is 1. The summed E-state index contributed by atoms with van der Waals surface area (Å²) in [4.78, 5) is 17.3. The first kappa shape index (κ1) is 14.7. The van der Waals surface area contributed by atoms with Gasteiger partial charge in [0.25, 0.3) is 0 Å². The monoisotopic (exact) mass is 323 g/mol. The van der Waals surface area contributed by atoms with Crippen molar-refractivity contribution in [2.24, 2.45) is 0 Å². The zero-order valence-electron chi connectivity index (χ0n) is 11.6. The molecule has 0 aliphatic carbocycles. The van der Waals surface area contributed by atoms with E-state index in [4.69, 9.17) is 9.84 Å². The van der Waals surface area contributed by atoms with Gasteiger partial charge in [-0.05, 0) is 31.4 Å². The summed E-state index contributed by atoms with van der Waals surface area (Å²) in [6.45, 7) is 0.867. The van der Waals surface area contributed by atoms with E-state index >= 15 is 0 Å². The van der Waals surface area contributed by atoms with E-state index in [9.17, 15) is 4.79 Å². The number of hydrogen-bond acceptors (Lipinski definition) is 5. The van der Waals surface area contributed by atoms with E-state index in [0.29, 0.717) is 6.10 Å². The molecule has 1 unspecified atom stereocenters. The number of carbonyl (C=O) groups is 1. The summed E-state index contributed by atoms with van der Waals surface area (Å²) in [6.07, 6.45) is 4.81. The second-order valence-corrected chi connectivity index (χ2v) is 7.27. The zero-order valence-corrected chi connectivity index (χ0v) is 13.2. The Morgan fingerprint density at radius 1 is 1.43 bits per heavy atom. The minimum absolute atomic E-state index is 0.0809. The van der Waals surface area contributed by atoms with Gasteiger partial charge < -0.3 is 9.84 Å². The number of carboxylic acid groups (broad SMARTS) is 1. The highest BCUT2D eigenvalue weighted by Crippen LogP contribution is 2.30. The Bertz CT molecular complexity index is 614. The molecule has 1 fully saturated rings. The maximum atomic E-state index is 10.7. The summed E-state index contributed by atoms with van der Waals surface area (Å²) in [6, 6.07) is 3.83. The lowest BCUT2D eigenvalue weighted by Crippen LogP contribution is -2.21. The first-order valence-corrected chi connectivity index (χ1v) is 8.77. The molecule has 6 heteroatoms. The Kier molecular flexibility index (Phi) is 4.67. The summed E-state index contributed by atoms with van der Waals surface area (Å²) >= 11 is 3.17. The van der Waals surface area contributed by atoms with Crippen LogP contribution in [0.2, 0.25) is 0 Å². The van der Waals surface area contributed by atoms with Crippen molar-refractivity contribution in [3.8, 4) is 10.6 Å². The molecular formula is C15H17NO3S2. The van der Waals surface area contributed by atoms with Crippen LogP contribution in [0.5, 0.6) is 0 Å². The minimum Gasteiger partial charge on any atom is -0.481 e. The van der Waals surface area contributed by atoms with E-state index in [2.05, 4.69) is 10.4 Å². The van der Waals surface area contributed by atoms with Crippen LogP contribution < -0.4 is 0 Å². The third-order valence-electron chi connectivity index (χ3n) is 3.47. The van der Waals surface area contributed by atoms with Gasteiger partial charge in [-0.1, -0.05) is 0 Å². The number of hydrogen-bond donors (Lipinski definition) is 1. The molecular weight excluding hydrogens is 306 g/mol. The van der Waals surface area contributed by atoms with Crippen LogP contribution in [0, 0.1) is 0 Å². The largest absolute Gasteiger partial charge is 0.481 e. The van der Waals surface area contributed by atoms with Crippen LogP contribution in [-0.2, 0) is 22.4 Å². The summed E-state index contributed by atoms with van der Waals surface area (Å²) in [7, 11) is 0. The Morgan fingerprint density at radius 2 is 2.33 bits per heavy atom. The number of rotatable bonds is 5. The van der Waals surface area contributed by atoms with Gasteiger partial charge in [-0.2, -0.15) is 0 Å². The summed E-state index contributed by atoms with van der Waals surface area (Å²) in [5.74, 6) is -0.795. The number of nitrogens with zero attached hydrogens (tertiary/aromatic N) is 1. The number of thiophene rings is 1. The van der Waals surface area contributed by atoms with Crippen LogP contribution in [0.15, 0.2) is 17.5 Å². The quantitative estimate of drug-likeness (QED) is 0.913. The van der Waals surface area contributed by atoms with E-state index in [1.807, 2.05) is 12.1 Å². The highest BCUT2D eigenvalue weighted by molar-refractivity contribution is 7.16. The molecule has 2 aromatic rings. The fourth-order valence-electron chi connectivity index (χ4n) is 2.44. The lowest BCUT2D eigenvalue weighted by atomic mass is 10.1. The maximum Gasteiger partial charge on any atom is 0.308 e. The van der Waals surface area contributed by atoms with Crippen molar-refractivity contribution in [3.05, 3.63) is 27.4 Å². The molecule has 0 aromatic carbocycles. The number of carboxylic acids is 1. The average Bonchev–Trinajstić information content (AvgIpc) is 3.08. The molecule has 0 saturated carbocycles. The maximum absolute atomic E-state index is 10.7. The molecule has 112 valence electrons. The predicted molar refractivity (Wildman–Crippen MR) is 84.1 cm³/mol. The average molecular weight is 323 g/mol. The van der Waals surface area contributed by atoms with Gasteiger partial charge in [0.1, 0.15) is 0 Å². The van der Waals surface area contributed by atoms with Crippen molar-refractivity contribution >= 4 is 28.6 Å². The van der Waals surface area contributed by atoms with Gasteiger partial charge in [0, 0.05) is 23.3 Å². The van der Waals surface area contributed by atoms with Gasteiger partial charge in [0.2, 0.25) is 0 Å². The van der Waals surface area contributed by atoms with E-state index in [1.54, 1.807) is 11.3 Å². The van der Waals surface area contributed by atoms with Gasteiger partial charge in [0.15, 0.2) is 0 Å². The first-order chi connectivity index (χ1) is 10.2. The van der Waals surface area contributed by atoms with Crippen LogP contribution in [0.4, 0.5) is 0 Å². The van der Waals surface area contributed by atoms with E-state index in [0.717, 1.165) is 39.9 Å². The van der Waals surface area contributed by atoms with E-state index in [-0.39, 0.29) is 6.42 Å². The molecule has 0 radical (unpaired) electrons. The van der Waals surface area contributed by atoms with Crippen molar-refractivity contribution in [1.29, 1.82) is 0 Å². The van der Waals surface area contributed by atoms with Gasteiger partial charge in [-0.3, -0.25) is 4.79 Å². The van der Waals surface area contributed by atoms with Crippen molar-refractivity contribution in [2.45, 2.75) is 38.2 Å². The molecule has 1 saturated heterocycles. The Hall–Kier alpha value is -1.24. The van der Waals surface area contributed by atoms with Crippen molar-refractivity contribution in [3.63, 3.8) is 0 Å². The lowest BCUT2D eigenvalue weighted by molar-refractivity contribution is -0.136. The smallest absolute Gasteiger partial charge is 0.308 e. The standard InChI is InChI=1S/C15H17NO3S2/c17-15(18)8-11-4-5-13(21-11)12-9-20-14(16-12)7-10-3-1-2-6-19-10/h4-5,9-10H,1-3,6-8H2,(H,17,18). The number of thiazole rings is 1. The molecule has 1 atom stereocenters. The van der Waals surface area contributed by atoms with Gasteiger partial charge in [0.05, 0.1) is 28.1 Å². The first-order valence-electron chi connectivity index (χ1n) is 7.07. The topological polar surface area (TPSA) is 59.4 Å². The second kappa shape index (κ2) is 6.68. The van der Waals surface area contributed by atoms with Crippen molar-refractivity contribution < 1.29 is 14.6 Å². The summed E-state index contributed by atoms with van der Waals surface area (Å²) < 4.78 is 5.75. The molecule has 1 aliphatic rings. The fourth-order valence-corrected chi connectivity index (χ4v) is 4.34. The zero-order chi connectivity index (χ0) is 14.7. The molecule has 3 heterocycles. The molecule has 0 bridgehead atoms. The van der Waals surface area contributed by atoms with Gasteiger partial charge in [-0.25, -0.2) is 4.98 Å².